The Morgan fingerprint density at radius 1 is 0.395 bits per heavy atom. The molecule has 0 amide bonds. The van der Waals surface area contributed by atoms with Crippen molar-refractivity contribution in [1.82, 2.24) is 0 Å². The zero-order valence-electron chi connectivity index (χ0n) is 26.4. The van der Waals surface area contributed by atoms with Gasteiger partial charge in [-0.3, -0.25) is 0 Å². The van der Waals surface area contributed by atoms with Crippen LogP contribution in [-0.2, 0) is 0 Å². The second-order valence-corrected chi connectivity index (χ2v) is 17.9. The molecule has 0 atom stereocenters. The fourth-order valence-electron chi connectivity index (χ4n) is 6.02. The lowest BCUT2D eigenvalue weighted by atomic mass is 10.0. The summed E-state index contributed by atoms with van der Waals surface area (Å²) in [5.74, 6) is 0. The molecule has 221 valence electrons. The van der Waals surface area contributed by atoms with Crippen molar-refractivity contribution < 1.29 is 0 Å². The van der Waals surface area contributed by atoms with Crippen molar-refractivity contribution in [3.8, 4) is 0 Å². The van der Waals surface area contributed by atoms with E-state index >= 15 is 0 Å². The molecule has 0 aromatic heterocycles. The summed E-state index contributed by atoms with van der Waals surface area (Å²) in [4.78, 5) is 0. The Kier molecular flexibility index (Phi) is 24.9. The molecule has 0 saturated heterocycles. The normalized spacial score (nSPS) is 11.9. The van der Waals surface area contributed by atoms with Crippen molar-refractivity contribution in [1.29, 1.82) is 0 Å². The topological polar surface area (TPSA) is 0 Å². The lowest BCUT2D eigenvalue weighted by Gasteiger charge is -2.22. The molecule has 0 aliphatic carbocycles. The van der Waals surface area contributed by atoms with E-state index in [1.807, 2.05) is 0 Å². The predicted octanol–water partition coefficient (Wildman–Crippen LogP) is 13.0. The fourth-order valence-corrected chi connectivity index (χ4v) is 8.54. The van der Waals surface area contributed by atoms with Crippen molar-refractivity contribution >= 4 is 13.3 Å². The molecular formula is C37H69Si. The van der Waals surface area contributed by atoms with E-state index in [0.29, 0.717) is 0 Å². The predicted molar refractivity (Wildman–Crippen MR) is 178 cm³/mol. The van der Waals surface area contributed by atoms with Crippen LogP contribution in [0.3, 0.4) is 0 Å². The first kappa shape index (κ1) is 35.5. The van der Waals surface area contributed by atoms with E-state index < -0.39 is 8.07 Å². The van der Waals surface area contributed by atoms with Crippen LogP contribution < -0.4 is 5.19 Å². The Morgan fingerprint density at radius 2 is 0.658 bits per heavy atom. The SMILES string of the molecule is [CH2]CCCCCCCCCCCCCCCCCCCCCCCCCCCC[Si](C)(C)c1ccccc1. The summed E-state index contributed by atoms with van der Waals surface area (Å²) in [6.45, 7) is 9.01. The average molecular weight is 542 g/mol. The van der Waals surface area contributed by atoms with E-state index in [1.54, 1.807) is 5.19 Å². The van der Waals surface area contributed by atoms with Gasteiger partial charge in [0, 0.05) is 0 Å². The molecule has 38 heavy (non-hydrogen) atoms. The van der Waals surface area contributed by atoms with Gasteiger partial charge >= 0.3 is 0 Å². The highest BCUT2D eigenvalue weighted by molar-refractivity contribution is 6.89. The van der Waals surface area contributed by atoms with E-state index in [4.69, 9.17) is 0 Å². The molecule has 0 nitrogen and oxygen atoms in total. The maximum atomic E-state index is 3.93. The van der Waals surface area contributed by atoms with Crippen LogP contribution in [0.2, 0.25) is 19.1 Å². The van der Waals surface area contributed by atoms with Crippen molar-refractivity contribution in [2.24, 2.45) is 0 Å². The Bertz CT molecular complexity index is 578. The maximum Gasteiger partial charge on any atom is 0.0806 e. The standard InChI is InChI=1S/C37H69Si/c1-4-5-6-7-8-9-10-11-12-13-14-15-16-17-18-19-20-21-22-23-24-25-26-27-28-29-33-36-38(2,3)37-34-31-30-32-35-37/h30-32,34-35H,1,4-29,33,36H2,2-3H3. The van der Waals surface area contributed by atoms with Crippen molar-refractivity contribution in [3.63, 3.8) is 0 Å². The molecule has 0 aliphatic rings. The van der Waals surface area contributed by atoms with Crippen LogP contribution in [0.15, 0.2) is 30.3 Å². The molecule has 1 aromatic carbocycles. The summed E-state index contributed by atoms with van der Waals surface area (Å²) in [6.07, 6.45) is 39.2. The third kappa shape index (κ3) is 22.3. The first-order chi connectivity index (χ1) is 18.7. The summed E-state index contributed by atoms with van der Waals surface area (Å²) in [6, 6.07) is 12.7. The van der Waals surface area contributed by atoms with Gasteiger partial charge in [-0.15, -0.1) is 0 Å². The number of hydrogen-bond donors (Lipinski definition) is 0. The van der Waals surface area contributed by atoms with Gasteiger partial charge in [-0.05, 0) is 0 Å². The highest BCUT2D eigenvalue weighted by Gasteiger charge is 2.21. The molecule has 0 aliphatic heterocycles. The minimum absolute atomic E-state index is 1.12. The van der Waals surface area contributed by atoms with E-state index in [0.717, 1.165) is 6.42 Å². The van der Waals surface area contributed by atoms with Gasteiger partial charge in [0.15, 0.2) is 0 Å². The number of rotatable bonds is 29. The van der Waals surface area contributed by atoms with Crippen LogP contribution in [0.1, 0.15) is 173 Å². The van der Waals surface area contributed by atoms with E-state index in [-0.39, 0.29) is 0 Å². The highest BCUT2D eigenvalue weighted by atomic mass is 28.3. The van der Waals surface area contributed by atoms with Crippen LogP contribution >= 0.6 is 0 Å². The van der Waals surface area contributed by atoms with Crippen LogP contribution in [0.25, 0.3) is 0 Å². The van der Waals surface area contributed by atoms with Crippen LogP contribution in [0, 0.1) is 6.92 Å². The van der Waals surface area contributed by atoms with Crippen molar-refractivity contribution in [2.45, 2.75) is 193 Å². The Balaban J connectivity index is 1.70. The number of unbranched alkanes of at least 4 members (excludes halogenated alkanes) is 26. The lowest BCUT2D eigenvalue weighted by molar-refractivity contribution is 0.515. The van der Waals surface area contributed by atoms with Gasteiger partial charge < -0.3 is 0 Å². The smallest absolute Gasteiger partial charge is 0.0654 e. The van der Waals surface area contributed by atoms with Crippen molar-refractivity contribution in [3.05, 3.63) is 37.3 Å². The molecule has 0 bridgehead atoms. The van der Waals surface area contributed by atoms with Gasteiger partial charge in [0.25, 0.3) is 0 Å². The van der Waals surface area contributed by atoms with Gasteiger partial charge in [-0.1, -0.05) is 235 Å². The third-order valence-corrected chi connectivity index (χ3v) is 12.4. The van der Waals surface area contributed by atoms with Gasteiger partial charge in [0.2, 0.25) is 0 Å². The minimum Gasteiger partial charge on any atom is -0.0654 e. The van der Waals surface area contributed by atoms with Gasteiger partial charge in [0.05, 0.1) is 8.07 Å². The zero-order chi connectivity index (χ0) is 27.4. The summed E-state index contributed by atoms with van der Waals surface area (Å²) in [7, 11) is -1.20. The number of hydrogen-bond acceptors (Lipinski definition) is 0. The molecule has 1 radical (unpaired) electrons. The van der Waals surface area contributed by atoms with Gasteiger partial charge in [-0.2, -0.15) is 0 Å². The quantitative estimate of drug-likeness (QED) is 0.0698. The Hall–Kier alpha value is -0.563. The average Bonchev–Trinajstić information content (AvgIpc) is 2.93. The summed E-state index contributed by atoms with van der Waals surface area (Å²) in [5, 5.41) is 1.63. The lowest BCUT2D eigenvalue weighted by Crippen LogP contribution is -2.40. The second-order valence-electron chi connectivity index (χ2n) is 13.0. The van der Waals surface area contributed by atoms with Gasteiger partial charge in [0.1, 0.15) is 0 Å². The van der Waals surface area contributed by atoms with Gasteiger partial charge in [-0.25, -0.2) is 0 Å². The van der Waals surface area contributed by atoms with Crippen molar-refractivity contribution in [2.75, 3.05) is 0 Å². The molecule has 0 fully saturated rings. The van der Waals surface area contributed by atoms with Crippen LogP contribution in [0.4, 0.5) is 0 Å². The fraction of sp³-hybridized carbons (Fsp3) is 0.811. The second kappa shape index (κ2) is 26.6. The van der Waals surface area contributed by atoms with E-state index in [2.05, 4.69) is 50.3 Å². The molecule has 0 spiro atoms. The monoisotopic (exact) mass is 542 g/mol. The Morgan fingerprint density at radius 3 is 0.947 bits per heavy atom. The molecule has 0 saturated carbocycles. The molecule has 0 heterocycles. The minimum atomic E-state index is -1.20. The molecule has 1 rings (SSSR count). The third-order valence-electron chi connectivity index (χ3n) is 8.86. The molecular weight excluding hydrogens is 472 g/mol. The first-order valence-electron chi connectivity index (χ1n) is 17.5. The maximum absolute atomic E-state index is 3.93. The Labute approximate surface area is 242 Å². The molecule has 0 N–H and O–H groups in total. The van der Waals surface area contributed by atoms with E-state index in [9.17, 15) is 0 Å². The molecule has 1 heteroatoms. The van der Waals surface area contributed by atoms with Crippen LogP contribution in [0.5, 0.6) is 0 Å². The van der Waals surface area contributed by atoms with E-state index in [1.165, 1.54) is 173 Å². The molecule has 0 unspecified atom stereocenters. The highest BCUT2D eigenvalue weighted by Crippen LogP contribution is 2.18. The summed E-state index contributed by atoms with van der Waals surface area (Å²) >= 11 is 0. The van der Waals surface area contributed by atoms with Crippen LogP contribution in [-0.4, -0.2) is 8.07 Å². The summed E-state index contributed by atoms with van der Waals surface area (Å²) in [5.41, 5.74) is 0. The molecule has 1 aromatic rings. The number of benzene rings is 1. The largest absolute Gasteiger partial charge is 0.0806 e. The first-order valence-corrected chi connectivity index (χ1v) is 20.7. The zero-order valence-corrected chi connectivity index (χ0v) is 27.4. The summed E-state index contributed by atoms with van der Waals surface area (Å²) < 4.78 is 0.